The van der Waals surface area contributed by atoms with Crippen LogP contribution in [0.2, 0.25) is 0 Å². The van der Waals surface area contributed by atoms with Crippen LogP contribution >= 0.6 is 0 Å². The molecule has 3 rings (SSSR count). The maximum atomic E-state index is 13.2. The van der Waals surface area contributed by atoms with Crippen molar-refractivity contribution in [3.05, 3.63) is 35.0 Å². The fourth-order valence-electron chi connectivity index (χ4n) is 4.00. The fraction of sp³-hybridized carbons (Fsp3) is 0.565. The minimum absolute atomic E-state index is 0.0271. The molecule has 2 amide bonds. The zero-order valence-corrected chi connectivity index (χ0v) is 18.5. The minimum atomic E-state index is -0.515. The summed E-state index contributed by atoms with van der Waals surface area (Å²) >= 11 is 0. The molecule has 1 aromatic carbocycles. The molecule has 0 N–H and O–H groups in total. The summed E-state index contributed by atoms with van der Waals surface area (Å²) < 4.78 is 7.76. The number of fused-ring (bicyclic) bond motifs is 1. The molecule has 1 saturated heterocycles. The fourth-order valence-corrected chi connectivity index (χ4v) is 4.00. The average Bonchev–Trinajstić information content (AvgIpc) is 2.83. The first kappa shape index (κ1) is 21.2. The Morgan fingerprint density at radius 1 is 1.03 bits per heavy atom. The average molecular weight is 400 g/mol. The first-order valence-corrected chi connectivity index (χ1v) is 10.5. The molecule has 1 aromatic heterocycles. The lowest BCUT2D eigenvalue weighted by atomic mass is 10.1. The normalized spacial score (nSPS) is 15.5. The molecule has 0 saturated carbocycles. The van der Waals surface area contributed by atoms with Gasteiger partial charge < -0.3 is 19.1 Å². The predicted octanol–water partition coefficient (Wildman–Crippen LogP) is 4.36. The molecule has 0 spiro atoms. The van der Waals surface area contributed by atoms with E-state index in [1.807, 2.05) is 37.8 Å². The highest BCUT2D eigenvalue weighted by atomic mass is 16.6. The molecule has 1 fully saturated rings. The first-order valence-electron chi connectivity index (χ1n) is 10.5. The third kappa shape index (κ3) is 4.41. The Labute approximate surface area is 173 Å². The number of amides is 2. The van der Waals surface area contributed by atoms with Gasteiger partial charge in [-0.25, -0.2) is 4.79 Å². The molecule has 0 aliphatic carbocycles. The Bertz CT molecular complexity index is 924. The molecular formula is C23H33N3O3. The molecule has 0 unspecified atom stereocenters. The largest absolute Gasteiger partial charge is 0.444 e. The molecule has 0 atom stereocenters. The van der Waals surface area contributed by atoms with Gasteiger partial charge in [-0.15, -0.1) is 0 Å². The van der Waals surface area contributed by atoms with E-state index in [2.05, 4.69) is 31.4 Å². The summed E-state index contributed by atoms with van der Waals surface area (Å²) in [6, 6.07) is 5.99. The molecule has 0 radical (unpaired) electrons. The van der Waals surface area contributed by atoms with E-state index in [1.165, 1.54) is 16.8 Å². The third-order valence-corrected chi connectivity index (χ3v) is 5.64. The van der Waals surface area contributed by atoms with Crippen LogP contribution in [0.4, 0.5) is 4.79 Å². The van der Waals surface area contributed by atoms with Gasteiger partial charge in [-0.3, -0.25) is 4.79 Å². The summed E-state index contributed by atoms with van der Waals surface area (Å²) in [7, 11) is 0. The Morgan fingerprint density at radius 2 is 1.69 bits per heavy atom. The maximum Gasteiger partial charge on any atom is 0.410 e. The van der Waals surface area contributed by atoms with Gasteiger partial charge >= 0.3 is 6.09 Å². The Morgan fingerprint density at radius 3 is 2.34 bits per heavy atom. The van der Waals surface area contributed by atoms with Crippen LogP contribution in [0.15, 0.2) is 18.2 Å². The molecule has 0 bridgehead atoms. The highest BCUT2D eigenvalue weighted by molar-refractivity contribution is 5.99. The van der Waals surface area contributed by atoms with Crippen molar-refractivity contribution >= 4 is 22.9 Å². The quantitative estimate of drug-likeness (QED) is 0.754. The lowest BCUT2D eigenvalue weighted by Crippen LogP contribution is -2.40. The van der Waals surface area contributed by atoms with Crippen molar-refractivity contribution in [1.29, 1.82) is 0 Å². The lowest BCUT2D eigenvalue weighted by molar-refractivity contribution is 0.0255. The molecule has 2 aromatic rings. The van der Waals surface area contributed by atoms with Gasteiger partial charge in [-0.2, -0.15) is 0 Å². The SMILES string of the molecule is CCn1c(C)c(C)c2cc(C(=O)N3CCCN(C(=O)OC(C)(C)C)CC3)ccc21. The van der Waals surface area contributed by atoms with E-state index in [0.29, 0.717) is 31.7 Å². The van der Waals surface area contributed by atoms with Crippen molar-refractivity contribution in [3.63, 3.8) is 0 Å². The van der Waals surface area contributed by atoms with Crippen molar-refractivity contribution < 1.29 is 14.3 Å². The van der Waals surface area contributed by atoms with Crippen molar-refractivity contribution in [1.82, 2.24) is 14.4 Å². The van der Waals surface area contributed by atoms with Crippen LogP contribution in [0.1, 0.15) is 55.7 Å². The molecular weight excluding hydrogens is 366 g/mol. The highest BCUT2D eigenvalue weighted by Crippen LogP contribution is 2.27. The maximum absolute atomic E-state index is 13.2. The number of rotatable bonds is 2. The lowest BCUT2D eigenvalue weighted by Gasteiger charge is -2.26. The van der Waals surface area contributed by atoms with Gasteiger partial charge in [0.1, 0.15) is 5.60 Å². The standard InChI is InChI=1S/C23H33N3O3/c1-7-26-17(3)16(2)19-15-18(9-10-20(19)26)21(27)24-11-8-12-25(14-13-24)22(28)29-23(4,5)6/h9-10,15H,7-8,11-14H2,1-6H3. The number of hydrogen-bond donors (Lipinski definition) is 0. The van der Waals surface area contributed by atoms with E-state index in [9.17, 15) is 9.59 Å². The summed E-state index contributed by atoms with van der Waals surface area (Å²) in [6.45, 7) is 15.1. The van der Waals surface area contributed by atoms with Gasteiger partial charge in [0, 0.05) is 54.9 Å². The molecule has 29 heavy (non-hydrogen) atoms. The number of ether oxygens (including phenoxy) is 1. The number of carbonyl (C=O) groups is 2. The van der Waals surface area contributed by atoms with E-state index in [0.717, 1.165) is 18.4 Å². The van der Waals surface area contributed by atoms with Crippen LogP contribution in [0, 0.1) is 13.8 Å². The molecule has 6 heteroatoms. The van der Waals surface area contributed by atoms with Crippen LogP contribution < -0.4 is 0 Å². The van der Waals surface area contributed by atoms with Crippen LogP contribution in [0.25, 0.3) is 10.9 Å². The van der Waals surface area contributed by atoms with Gasteiger partial charge in [0.05, 0.1) is 0 Å². The van der Waals surface area contributed by atoms with Crippen molar-refractivity contribution in [3.8, 4) is 0 Å². The Kier molecular flexibility index (Phi) is 5.92. The topological polar surface area (TPSA) is 54.8 Å². The Balaban J connectivity index is 1.75. The zero-order valence-electron chi connectivity index (χ0n) is 18.5. The van der Waals surface area contributed by atoms with Crippen molar-refractivity contribution in [2.24, 2.45) is 0 Å². The number of aromatic nitrogens is 1. The summed E-state index contributed by atoms with van der Waals surface area (Å²) in [5.41, 5.74) is 3.84. The van der Waals surface area contributed by atoms with E-state index >= 15 is 0 Å². The third-order valence-electron chi connectivity index (χ3n) is 5.64. The zero-order chi connectivity index (χ0) is 21.3. The van der Waals surface area contributed by atoms with Crippen LogP contribution in [-0.4, -0.2) is 58.1 Å². The van der Waals surface area contributed by atoms with E-state index in [1.54, 1.807) is 4.90 Å². The minimum Gasteiger partial charge on any atom is -0.444 e. The van der Waals surface area contributed by atoms with Crippen LogP contribution in [0.5, 0.6) is 0 Å². The van der Waals surface area contributed by atoms with Gasteiger partial charge in [-0.05, 0) is 71.7 Å². The van der Waals surface area contributed by atoms with Gasteiger partial charge in [0.2, 0.25) is 0 Å². The first-order chi connectivity index (χ1) is 13.6. The molecule has 1 aliphatic heterocycles. The summed E-state index contributed by atoms with van der Waals surface area (Å²) in [5.74, 6) is 0.0271. The van der Waals surface area contributed by atoms with Gasteiger partial charge in [0.25, 0.3) is 5.91 Å². The second kappa shape index (κ2) is 8.09. The number of hydrogen-bond acceptors (Lipinski definition) is 3. The number of nitrogens with zero attached hydrogens (tertiary/aromatic N) is 3. The van der Waals surface area contributed by atoms with Gasteiger partial charge in [0.15, 0.2) is 0 Å². The number of aryl methyl sites for hydroxylation is 2. The molecule has 6 nitrogen and oxygen atoms in total. The van der Waals surface area contributed by atoms with Gasteiger partial charge in [-0.1, -0.05) is 0 Å². The number of carbonyl (C=O) groups excluding carboxylic acids is 2. The van der Waals surface area contributed by atoms with Crippen molar-refractivity contribution in [2.45, 2.75) is 60.1 Å². The smallest absolute Gasteiger partial charge is 0.410 e. The summed E-state index contributed by atoms with van der Waals surface area (Å²) in [5, 5.41) is 1.14. The second-order valence-corrected chi connectivity index (χ2v) is 8.80. The highest BCUT2D eigenvalue weighted by Gasteiger charge is 2.26. The van der Waals surface area contributed by atoms with E-state index < -0.39 is 5.60 Å². The summed E-state index contributed by atoms with van der Waals surface area (Å²) in [4.78, 5) is 29.1. The molecule has 2 heterocycles. The second-order valence-electron chi connectivity index (χ2n) is 8.80. The van der Waals surface area contributed by atoms with E-state index in [4.69, 9.17) is 4.74 Å². The molecule has 1 aliphatic rings. The number of benzene rings is 1. The van der Waals surface area contributed by atoms with E-state index in [-0.39, 0.29) is 12.0 Å². The molecule has 158 valence electrons. The Hall–Kier alpha value is -2.50. The monoisotopic (exact) mass is 399 g/mol. The predicted molar refractivity (Wildman–Crippen MR) is 115 cm³/mol. The van der Waals surface area contributed by atoms with Crippen LogP contribution in [0.3, 0.4) is 0 Å². The van der Waals surface area contributed by atoms with Crippen molar-refractivity contribution in [2.75, 3.05) is 26.2 Å². The summed E-state index contributed by atoms with van der Waals surface area (Å²) in [6.07, 6.45) is 0.442. The van der Waals surface area contributed by atoms with Crippen LogP contribution in [-0.2, 0) is 11.3 Å².